The highest BCUT2D eigenvalue weighted by Crippen LogP contribution is 2.49. The molecule has 1 N–H and O–H groups in total. The van der Waals surface area contributed by atoms with E-state index in [0.29, 0.717) is 22.7 Å². The molecule has 1 atom stereocenters. The third-order valence-electron chi connectivity index (χ3n) is 6.42. The molecule has 0 spiro atoms. The van der Waals surface area contributed by atoms with Crippen LogP contribution >= 0.6 is 11.6 Å². The number of anilines is 1. The molecular weight excluding hydrogens is 466 g/mol. The van der Waals surface area contributed by atoms with Gasteiger partial charge in [-0.15, -0.1) is 0 Å². The molecule has 1 heterocycles. The lowest BCUT2D eigenvalue weighted by Gasteiger charge is -2.39. The summed E-state index contributed by atoms with van der Waals surface area (Å²) in [5.74, 6) is 0.0692. The van der Waals surface area contributed by atoms with E-state index in [-0.39, 0.29) is 16.7 Å². The first-order valence-electron chi connectivity index (χ1n) is 11.1. The Bertz CT molecular complexity index is 1510. The third kappa shape index (κ3) is 3.56. The van der Waals surface area contributed by atoms with Crippen LogP contribution in [0.4, 0.5) is 5.69 Å². The minimum absolute atomic E-state index is 0.0692. The normalized spacial score (nSPS) is 15.0. The van der Waals surface area contributed by atoms with E-state index in [2.05, 4.69) is 0 Å². The molecule has 1 unspecified atom stereocenters. The zero-order valence-corrected chi connectivity index (χ0v) is 20.4. The first-order valence-corrected chi connectivity index (χ1v) is 13.0. The van der Waals surface area contributed by atoms with Gasteiger partial charge in [0, 0.05) is 16.1 Å². The van der Waals surface area contributed by atoms with E-state index in [1.807, 2.05) is 73.7 Å². The minimum atomic E-state index is -3.91. The molecule has 4 aromatic rings. The largest absolute Gasteiger partial charge is 0.508 e. The number of halogens is 1. The Morgan fingerprint density at radius 3 is 2.29 bits per heavy atom. The zero-order chi connectivity index (χ0) is 24.0. The molecule has 4 nitrogen and oxygen atoms in total. The maximum atomic E-state index is 14.0. The van der Waals surface area contributed by atoms with Crippen LogP contribution in [0.3, 0.4) is 0 Å². The van der Waals surface area contributed by atoms with Gasteiger partial charge in [0.1, 0.15) is 5.75 Å². The Morgan fingerprint density at radius 2 is 1.59 bits per heavy atom. The van der Waals surface area contributed by atoms with Gasteiger partial charge in [-0.1, -0.05) is 67.1 Å². The van der Waals surface area contributed by atoms with Crippen molar-refractivity contribution in [3.05, 3.63) is 101 Å². The number of hydrogen-bond acceptors (Lipinski definition) is 3. The maximum absolute atomic E-state index is 14.0. The average molecular weight is 490 g/mol. The quantitative estimate of drug-likeness (QED) is 0.326. The van der Waals surface area contributed by atoms with Gasteiger partial charge in [0.15, 0.2) is 0 Å². The Morgan fingerprint density at radius 1 is 0.882 bits per heavy atom. The molecule has 0 radical (unpaired) electrons. The van der Waals surface area contributed by atoms with Crippen molar-refractivity contribution in [2.45, 2.75) is 31.2 Å². The Hall–Kier alpha value is -3.28. The number of benzene rings is 4. The zero-order valence-electron chi connectivity index (χ0n) is 18.9. The van der Waals surface area contributed by atoms with Crippen LogP contribution in [0.2, 0.25) is 5.02 Å². The van der Waals surface area contributed by atoms with Crippen LogP contribution in [0.25, 0.3) is 22.3 Å². The van der Waals surface area contributed by atoms with Crippen LogP contribution in [0.15, 0.2) is 89.8 Å². The van der Waals surface area contributed by atoms with Crippen molar-refractivity contribution in [1.29, 1.82) is 0 Å². The van der Waals surface area contributed by atoms with Crippen LogP contribution in [0, 0.1) is 6.92 Å². The van der Waals surface area contributed by atoms with E-state index >= 15 is 0 Å². The second-order valence-electron chi connectivity index (χ2n) is 8.47. The molecule has 0 saturated carbocycles. The van der Waals surface area contributed by atoms with E-state index in [4.69, 9.17) is 11.6 Å². The lowest BCUT2D eigenvalue weighted by atomic mass is 9.87. The molecule has 0 aliphatic carbocycles. The molecule has 0 aromatic heterocycles. The van der Waals surface area contributed by atoms with Crippen molar-refractivity contribution in [3.8, 4) is 28.0 Å². The van der Waals surface area contributed by atoms with Gasteiger partial charge in [-0.3, -0.25) is 4.31 Å². The number of rotatable bonds is 4. The van der Waals surface area contributed by atoms with Crippen LogP contribution in [-0.4, -0.2) is 13.5 Å². The van der Waals surface area contributed by atoms with Crippen LogP contribution < -0.4 is 4.31 Å². The molecule has 6 heteroatoms. The number of phenolic OH excluding ortho intramolecular Hbond substituents is 1. The molecule has 4 aromatic carbocycles. The lowest BCUT2D eigenvalue weighted by molar-refractivity contribution is 0.470. The van der Waals surface area contributed by atoms with Gasteiger partial charge in [-0.2, -0.15) is 0 Å². The summed E-state index contributed by atoms with van der Waals surface area (Å²) >= 11 is 6.47. The number of aromatic hydroxyl groups is 1. The highest BCUT2D eigenvalue weighted by molar-refractivity contribution is 7.92. The van der Waals surface area contributed by atoms with Crippen molar-refractivity contribution in [2.75, 3.05) is 4.31 Å². The molecule has 0 amide bonds. The fourth-order valence-corrected chi connectivity index (χ4v) is 6.77. The molecule has 0 saturated heterocycles. The SMILES string of the molecule is CCC1c2ccccc2-c2cc(-c3ccccc3Cl)ccc2N1S(=O)(=O)c1ccc(O)c(C)c1. The summed E-state index contributed by atoms with van der Waals surface area (Å²) in [7, 11) is -3.91. The van der Waals surface area contributed by atoms with Gasteiger partial charge >= 0.3 is 0 Å². The molecule has 34 heavy (non-hydrogen) atoms. The number of hydrogen-bond donors (Lipinski definition) is 1. The highest BCUT2D eigenvalue weighted by Gasteiger charge is 2.38. The summed E-state index contributed by atoms with van der Waals surface area (Å²) < 4.78 is 29.6. The summed E-state index contributed by atoms with van der Waals surface area (Å²) in [4.78, 5) is 0.154. The number of fused-ring (bicyclic) bond motifs is 3. The number of nitrogens with zero attached hydrogens (tertiary/aromatic N) is 1. The van der Waals surface area contributed by atoms with Gasteiger partial charge in [-0.05, 0) is 72.0 Å². The maximum Gasteiger partial charge on any atom is 0.264 e. The smallest absolute Gasteiger partial charge is 0.264 e. The fraction of sp³-hybridized carbons (Fsp3) is 0.143. The lowest BCUT2D eigenvalue weighted by Crippen LogP contribution is -2.37. The minimum Gasteiger partial charge on any atom is -0.508 e. The van der Waals surface area contributed by atoms with Crippen LogP contribution in [0.1, 0.15) is 30.5 Å². The summed E-state index contributed by atoms with van der Waals surface area (Å²) in [5, 5.41) is 10.6. The predicted octanol–water partition coefficient (Wildman–Crippen LogP) is 7.35. The average Bonchev–Trinajstić information content (AvgIpc) is 2.84. The summed E-state index contributed by atoms with van der Waals surface area (Å²) in [5.41, 5.74) is 5.79. The van der Waals surface area contributed by atoms with E-state index in [0.717, 1.165) is 27.8 Å². The van der Waals surface area contributed by atoms with Crippen molar-refractivity contribution in [3.63, 3.8) is 0 Å². The van der Waals surface area contributed by atoms with E-state index in [1.165, 1.54) is 22.5 Å². The fourth-order valence-electron chi connectivity index (χ4n) is 4.72. The van der Waals surface area contributed by atoms with Gasteiger partial charge in [0.25, 0.3) is 10.0 Å². The standard InChI is InChI=1S/C28H24ClNO3S/c1-3-26-23-10-5-4-9-22(23)24-17-19(21-8-6-7-11-25(21)29)12-14-27(24)30(26)34(32,33)20-13-15-28(31)18(2)16-20/h4-17,26,31H,3H2,1-2H3. The van der Waals surface area contributed by atoms with Crippen molar-refractivity contribution in [2.24, 2.45) is 0 Å². The van der Waals surface area contributed by atoms with Crippen molar-refractivity contribution >= 4 is 27.3 Å². The molecule has 5 rings (SSSR count). The Kier molecular flexibility index (Phi) is 5.62. The predicted molar refractivity (Wildman–Crippen MR) is 138 cm³/mol. The van der Waals surface area contributed by atoms with Gasteiger partial charge in [-0.25, -0.2) is 8.42 Å². The first kappa shape index (κ1) is 22.5. The second kappa shape index (κ2) is 8.49. The Balaban J connectivity index is 1.76. The molecule has 0 bridgehead atoms. The monoisotopic (exact) mass is 489 g/mol. The summed E-state index contributed by atoms with van der Waals surface area (Å²) in [6.45, 7) is 3.69. The summed E-state index contributed by atoms with van der Waals surface area (Å²) in [6, 6.07) is 25.5. The van der Waals surface area contributed by atoms with Gasteiger partial charge in [0.2, 0.25) is 0 Å². The molecule has 0 fully saturated rings. The van der Waals surface area contributed by atoms with Crippen molar-refractivity contribution in [1.82, 2.24) is 0 Å². The highest BCUT2D eigenvalue weighted by atomic mass is 35.5. The van der Waals surface area contributed by atoms with E-state index < -0.39 is 10.0 Å². The molecule has 1 aliphatic rings. The van der Waals surface area contributed by atoms with Gasteiger partial charge < -0.3 is 5.11 Å². The number of sulfonamides is 1. The summed E-state index contributed by atoms with van der Waals surface area (Å²) in [6.07, 6.45) is 0.610. The van der Waals surface area contributed by atoms with Gasteiger partial charge in [0.05, 0.1) is 16.6 Å². The first-order chi connectivity index (χ1) is 16.3. The molecule has 1 aliphatic heterocycles. The Labute approximate surface area is 205 Å². The molecular formula is C28H24ClNO3S. The number of aryl methyl sites for hydroxylation is 1. The second-order valence-corrected chi connectivity index (χ2v) is 10.7. The van der Waals surface area contributed by atoms with E-state index in [1.54, 1.807) is 6.92 Å². The number of phenols is 1. The third-order valence-corrected chi connectivity index (χ3v) is 8.57. The molecule has 172 valence electrons. The van der Waals surface area contributed by atoms with Crippen LogP contribution in [0.5, 0.6) is 5.75 Å². The topological polar surface area (TPSA) is 57.6 Å². The van der Waals surface area contributed by atoms with E-state index in [9.17, 15) is 13.5 Å². The van der Waals surface area contributed by atoms with Crippen LogP contribution in [-0.2, 0) is 10.0 Å². The van der Waals surface area contributed by atoms with Crippen molar-refractivity contribution < 1.29 is 13.5 Å².